The molecule has 18 heavy (non-hydrogen) atoms. The van der Waals surface area contributed by atoms with E-state index in [0.717, 1.165) is 12.8 Å². The Bertz CT molecular complexity index is 494. The minimum absolute atomic E-state index is 0.0230. The van der Waals surface area contributed by atoms with Crippen molar-refractivity contribution in [3.8, 4) is 0 Å². The zero-order valence-electron chi connectivity index (χ0n) is 10.8. The minimum atomic E-state index is -0.199. The Morgan fingerprint density at radius 1 is 1.44 bits per heavy atom. The van der Waals surface area contributed by atoms with Gasteiger partial charge in [0, 0.05) is 17.4 Å². The number of esters is 1. The molecular weight excluding hydrogens is 228 g/mol. The third-order valence-electron chi connectivity index (χ3n) is 5.58. The molecule has 0 aromatic rings. The van der Waals surface area contributed by atoms with Crippen LogP contribution in [0, 0.1) is 17.3 Å². The third-order valence-corrected chi connectivity index (χ3v) is 5.58. The van der Waals surface area contributed by atoms with Crippen LogP contribution in [-0.4, -0.2) is 23.8 Å². The maximum Gasteiger partial charge on any atom is 0.334 e. The van der Waals surface area contributed by atoms with Crippen molar-refractivity contribution < 1.29 is 14.3 Å². The second-order valence-corrected chi connectivity index (χ2v) is 6.66. The fourth-order valence-corrected chi connectivity index (χ4v) is 4.38. The molecule has 2 heterocycles. The number of epoxide rings is 1. The molecule has 6 atom stereocenters. The van der Waals surface area contributed by atoms with E-state index in [0.29, 0.717) is 11.5 Å². The van der Waals surface area contributed by atoms with E-state index < -0.39 is 0 Å². The van der Waals surface area contributed by atoms with Crippen molar-refractivity contribution in [1.29, 1.82) is 0 Å². The summed E-state index contributed by atoms with van der Waals surface area (Å²) in [5, 5.41) is 0. The van der Waals surface area contributed by atoms with Gasteiger partial charge >= 0.3 is 5.97 Å². The number of carbonyl (C=O) groups is 1. The van der Waals surface area contributed by atoms with Crippen molar-refractivity contribution in [2.75, 3.05) is 0 Å². The smallest absolute Gasteiger partial charge is 0.334 e. The summed E-state index contributed by atoms with van der Waals surface area (Å²) >= 11 is 0. The van der Waals surface area contributed by atoms with E-state index >= 15 is 0 Å². The Hall–Kier alpha value is -1.09. The number of fused-ring (bicyclic) bond motifs is 4. The van der Waals surface area contributed by atoms with Crippen LogP contribution >= 0.6 is 0 Å². The van der Waals surface area contributed by atoms with E-state index in [1.807, 2.05) is 0 Å². The Morgan fingerprint density at radius 2 is 2.22 bits per heavy atom. The van der Waals surface area contributed by atoms with Crippen LogP contribution in [0.3, 0.4) is 0 Å². The minimum Gasteiger partial charge on any atom is -0.458 e. The SMILES string of the molecule is C=C1C(=O)O[C@@H]2C[C@]3(C)C=C[C@H]4O[C@@]4(C)[C@@H]3C[C@H]12. The number of hydrogen-bond donors (Lipinski definition) is 0. The second kappa shape index (κ2) is 2.90. The predicted octanol–water partition coefficient (Wildman–Crippen LogP) is 2.23. The molecule has 0 aromatic heterocycles. The second-order valence-electron chi connectivity index (χ2n) is 6.66. The number of carbonyl (C=O) groups excluding carboxylic acids is 1. The van der Waals surface area contributed by atoms with Crippen LogP contribution in [0.2, 0.25) is 0 Å². The summed E-state index contributed by atoms with van der Waals surface area (Å²) in [7, 11) is 0. The normalized spacial score (nSPS) is 56.6. The van der Waals surface area contributed by atoms with Gasteiger partial charge in [-0.15, -0.1) is 0 Å². The van der Waals surface area contributed by atoms with Crippen LogP contribution < -0.4 is 0 Å². The number of hydrogen-bond acceptors (Lipinski definition) is 3. The summed E-state index contributed by atoms with van der Waals surface area (Å²) in [4.78, 5) is 11.7. The first-order chi connectivity index (χ1) is 8.44. The molecule has 0 unspecified atom stereocenters. The maximum absolute atomic E-state index is 11.7. The standard InChI is InChI=1S/C15H18O3/c1-8-9-6-11-14(2,7-10(9)17-13(8)16)5-4-12-15(11,3)18-12/h4-5,9-12H,1,6-7H2,2-3H3/t9-,10-,11-,12-,14+,15+/m1/s1. The van der Waals surface area contributed by atoms with Gasteiger partial charge in [0.25, 0.3) is 0 Å². The lowest BCUT2D eigenvalue weighted by Gasteiger charge is -2.47. The highest BCUT2D eigenvalue weighted by Gasteiger charge is 2.66. The van der Waals surface area contributed by atoms with Gasteiger partial charge in [-0.3, -0.25) is 0 Å². The van der Waals surface area contributed by atoms with Crippen LogP contribution in [0.5, 0.6) is 0 Å². The van der Waals surface area contributed by atoms with E-state index in [1.165, 1.54) is 0 Å². The zero-order chi connectivity index (χ0) is 12.7. The lowest BCUT2D eigenvalue weighted by Crippen LogP contribution is -2.47. The van der Waals surface area contributed by atoms with Gasteiger partial charge in [0.1, 0.15) is 12.2 Å². The van der Waals surface area contributed by atoms with E-state index in [9.17, 15) is 4.79 Å². The highest BCUT2D eigenvalue weighted by atomic mass is 16.6. The molecule has 96 valence electrons. The number of ether oxygens (including phenoxy) is 2. The quantitative estimate of drug-likeness (QED) is 0.285. The number of rotatable bonds is 0. The van der Waals surface area contributed by atoms with Crippen LogP contribution in [0.15, 0.2) is 24.3 Å². The first kappa shape index (κ1) is 10.8. The van der Waals surface area contributed by atoms with Gasteiger partial charge in [-0.25, -0.2) is 4.79 Å². The van der Waals surface area contributed by atoms with Crippen molar-refractivity contribution >= 4 is 5.97 Å². The van der Waals surface area contributed by atoms with Gasteiger partial charge in [-0.1, -0.05) is 25.7 Å². The van der Waals surface area contributed by atoms with E-state index in [4.69, 9.17) is 9.47 Å². The Balaban J connectivity index is 1.73. The third kappa shape index (κ3) is 1.11. The predicted molar refractivity (Wildman–Crippen MR) is 65.8 cm³/mol. The zero-order valence-corrected chi connectivity index (χ0v) is 10.8. The first-order valence-corrected chi connectivity index (χ1v) is 6.71. The molecule has 3 nitrogen and oxygen atoms in total. The Kier molecular flexibility index (Phi) is 1.74. The molecule has 2 saturated heterocycles. The van der Waals surface area contributed by atoms with Crippen molar-refractivity contribution in [1.82, 2.24) is 0 Å². The monoisotopic (exact) mass is 246 g/mol. The van der Waals surface area contributed by atoms with E-state index in [-0.39, 0.29) is 35.1 Å². The summed E-state index contributed by atoms with van der Waals surface area (Å²) in [6.45, 7) is 8.37. The lowest BCUT2D eigenvalue weighted by molar-refractivity contribution is -0.141. The van der Waals surface area contributed by atoms with Crippen molar-refractivity contribution in [2.45, 2.75) is 44.5 Å². The van der Waals surface area contributed by atoms with Gasteiger partial charge in [0.15, 0.2) is 0 Å². The molecule has 2 aliphatic heterocycles. The molecule has 0 spiro atoms. The molecule has 0 N–H and O–H groups in total. The summed E-state index contributed by atoms with van der Waals surface area (Å²) in [6.07, 6.45) is 6.62. The van der Waals surface area contributed by atoms with Crippen LogP contribution in [0.1, 0.15) is 26.7 Å². The molecule has 3 fully saturated rings. The van der Waals surface area contributed by atoms with Gasteiger partial charge in [-0.2, -0.15) is 0 Å². The van der Waals surface area contributed by atoms with Crippen molar-refractivity contribution in [3.63, 3.8) is 0 Å². The summed E-state index contributed by atoms with van der Waals surface area (Å²) < 4.78 is 11.3. The number of allylic oxidation sites excluding steroid dienone is 1. The highest BCUT2D eigenvalue weighted by molar-refractivity contribution is 5.90. The first-order valence-electron chi connectivity index (χ1n) is 6.71. The van der Waals surface area contributed by atoms with Gasteiger partial charge in [0.05, 0.1) is 5.60 Å². The molecule has 0 radical (unpaired) electrons. The van der Waals surface area contributed by atoms with Crippen molar-refractivity contribution in [3.05, 3.63) is 24.3 Å². The molecule has 0 aromatic carbocycles. The Labute approximate surface area is 107 Å². The van der Waals surface area contributed by atoms with Gasteiger partial charge in [0.2, 0.25) is 0 Å². The summed E-state index contributed by atoms with van der Waals surface area (Å²) in [5.41, 5.74) is 0.728. The van der Waals surface area contributed by atoms with Crippen LogP contribution in [0.4, 0.5) is 0 Å². The molecule has 2 aliphatic carbocycles. The molecule has 3 heteroatoms. The molecular formula is C15H18O3. The molecule has 0 bridgehead atoms. The van der Waals surface area contributed by atoms with E-state index in [1.54, 1.807) is 0 Å². The average Bonchev–Trinajstić information content (AvgIpc) is 2.91. The Morgan fingerprint density at radius 3 is 3.00 bits per heavy atom. The van der Waals surface area contributed by atoms with Crippen LogP contribution in [0.25, 0.3) is 0 Å². The fraction of sp³-hybridized carbons (Fsp3) is 0.667. The fourth-order valence-electron chi connectivity index (χ4n) is 4.38. The average molecular weight is 246 g/mol. The van der Waals surface area contributed by atoms with Gasteiger partial charge in [-0.05, 0) is 25.2 Å². The van der Waals surface area contributed by atoms with Gasteiger partial charge < -0.3 is 9.47 Å². The summed E-state index contributed by atoms with van der Waals surface area (Å²) in [6, 6.07) is 0. The molecule has 1 saturated carbocycles. The van der Waals surface area contributed by atoms with Crippen molar-refractivity contribution in [2.24, 2.45) is 17.3 Å². The lowest BCUT2D eigenvalue weighted by atomic mass is 9.56. The molecule has 4 aliphatic rings. The maximum atomic E-state index is 11.7. The molecule has 4 rings (SSSR count). The highest BCUT2D eigenvalue weighted by Crippen LogP contribution is 2.62. The summed E-state index contributed by atoms with van der Waals surface area (Å²) in [5.74, 6) is 0.464. The molecule has 0 amide bonds. The largest absolute Gasteiger partial charge is 0.458 e. The van der Waals surface area contributed by atoms with E-state index in [2.05, 4.69) is 32.6 Å². The van der Waals surface area contributed by atoms with Crippen LogP contribution in [-0.2, 0) is 14.3 Å². The topological polar surface area (TPSA) is 38.8 Å².